The van der Waals surface area contributed by atoms with Crippen LogP contribution in [0, 0.1) is 0 Å². The van der Waals surface area contributed by atoms with E-state index in [4.69, 9.17) is 0 Å². The Morgan fingerprint density at radius 3 is 1.26 bits per heavy atom. The molecular formula is C14H14Br2CoO6+2. The second-order valence-corrected chi connectivity index (χ2v) is 5.43. The topological polar surface area (TPSA) is 146 Å². The maximum atomic E-state index is 10.8. The number of rotatable bonds is 2. The molecule has 0 bridgehead atoms. The number of benzene rings is 2. The molecule has 0 fully saturated rings. The largest absolute Gasteiger partial charge is 2.00 e. The van der Waals surface area contributed by atoms with E-state index in [-0.39, 0.29) is 50.4 Å². The Balaban J connectivity index is -0.000000308. The summed E-state index contributed by atoms with van der Waals surface area (Å²) >= 11 is 6.28. The number of hydrogen-bond donors (Lipinski definition) is 0. The van der Waals surface area contributed by atoms with Crippen LogP contribution in [0.3, 0.4) is 0 Å². The van der Waals surface area contributed by atoms with E-state index in [1.54, 1.807) is 12.1 Å². The fourth-order valence-corrected chi connectivity index (χ4v) is 1.98. The van der Waals surface area contributed by atoms with E-state index in [1.165, 1.54) is 24.3 Å². The van der Waals surface area contributed by atoms with Crippen molar-refractivity contribution < 1.29 is 47.5 Å². The maximum Gasteiger partial charge on any atom is 2.00 e. The van der Waals surface area contributed by atoms with Crippen LogP contribution in [0.1, 0.15) is 20.7 Å². The van der Waals surface area contributed by atoms with E-state index < -0.39 is 0 Å². The van der Waals surface area contributed by atoms with Gasteiger partial charge in [-0.25, -0.2) is 0 Å². The van der Waals surface area contributed by atoms with Gasteiger partial charge in [0.05, 0.1) is 0 Å². The van der Waals surface area contributed by atoms with Crippen LogP contribution in [0.25, 0.3) is 0 Å². The van der Waals surface area contributed by atoms with E-state index in [9.17, 15) is 19.8 Å². The molecule has 0 atom stereocenters. The Morgan fingerprint density at radius 1 is 0.739 bits per heavy atom. The van der Waals surface area contributed by atoms with Gasteiger partial charge in [0.1, 0.15) is 12.6 Å². The van der Waals surface area contributed by atoms with Crippen LogP contribution in [0.5, 0.6) is 11.5 Å². The first-order chi connectivity index (χ1) is 9.47. The predicted molar refractivity (Wildman–Crippen MR) is 87.7 cm³/mol. The Morgan fingerprint density at radius 2 is 1.04 bits per heavy atom. The van der Waals surface area contributed by atoms with Crippen LogP contribution in [0.2, 0.25) is 0 Å². The summed E-state index contributed by atoms with van der Waals surface area (Å²) in [7, 11) is 0. The molecule has 23 heavy (non-hydrogen) atoms. The van der Waals surface area contributed by atoms with Crippen molar-refractivity contribution in [1.82, 2.24) is 0 Å². The molecule has 9 heteroatoms. The Bertz CT molecular complexity index is 581. The number of carbonyl (C=O) groups is 2. The van der Waals surface area contributed by atoms with Gasteiger partial charge < -0.3 is 21.2 Å². The molecule has 0 saturated heterocycles. The van der Waals surface area contributed by atoms with Gasteiger partial charge in [0.15, 0.2) is 0 Å². The van der Waals surface area contributed by atoms with Crippen molar-refractivity contribution >= 4 is 44.4 Å². The zero-order chi connectivity index (χ0) is 15.1. The minimum absolute atomic E-state index is 0. The zero-order valence-corrected chi connectivity index (χ0v) is 15.7. The van der Waals surface area contributed by atoms with E-state index in [2.05, 4.69) is 31.9 Å². The van der Waals surface area contributed by atoms with Crippen molar-refractivity contribution in [2.75, 3.05) is 0 Å². The second-order valence-electron chi connectivity index (χ2n) is 3.60. The number of halogens is 2. The number of aldehydes is 2. The summed E-state index contributed by atoms with van der Waals surface area (Å²) in [6.45, 7) is 0. The third kappa shape index (κ3) is 8.84. The Kier molecular flexibility index (Phi) is 15.3. The molecule has 0 aromatic heterocycles. The van der Waals surface area contributed by atoms with Gasteiger partial charge in [-0.3, -0.25) is 9.59 Å². The van der Waals surface area contributed by atoms with E-state index in [0.717, 1.165) is 8.95 Å². The summed E-state index contributed by atoms with van der Waals surface area (Å²) in [5, 5.41) is 21.5. The van der Waals surface area contributed by atoms with Crippen molar-refractivity contribution in [2.24, 2.45) is 0 Å². The molecule has 0 unspecified atom stereocenters. The van der Waals surface area contributed by atoms with Gasteiger partial charge in [0.25, 0.3) is 0 Å². The monoisotopic (exact) mass is 495 g/mol. The van der Waals surface area contributed by atoms with Gasteiger partial charge >= 0.3 is 16.8 Å². The third-order valence-corrected chi connectivity index (χ3v) is 3.18. The van der Waals surface area contributed by atoms with Crippen LogP contribution in [0.15, 0.2) is 45.3 Å². The smallest absolute Gasteiger partial charge is 0.872 e. The maximum absolute atomic E-state index is 10.8. The van der Waals surface area contributed by atoms with Crippen LogP contribution in [-0.4, -0.2) is 12.6 Å². The molecule has 0 spiro atoms. The van der Waals surface area contributed by atoms with Gasteiger partial charge in [-0.1, -0.05) is 55.5 Å². The molecule has 2 aromatic rings. The molecule has 1 radical (unpaired) electrons. The van der Waals surface area contributed by atoms with Crippen molar-refractivity contribution in [1.29, 1.82) is 0 Å². The van der Waals surface area contributed by atoms with E-state index in [0.29, 0.717) is 12.6 Å². The fourth-order valence-electron chi connectivity index (χ4n) is 1.22. The van der Waals surface area contributed by atoms with E-state index in [1.807, 2.05) is 0 Å². The van der Waals surface area contributed by atoms with Crippen molar-refractivity contribution in [3.8, 4) is 11.5 Å². The van der Waals surface area contributed by atoms with Crippen molar-refractivity contribution in [3.63, 3.8) is 0 Å². The van der Waals surface area contributed by atoms with Crippen LogP contribution in [0.4, 0.5) is 0 Å². The Hall–Kier alpha value is -1.23. The van der Waals surface area contributed by atoms with Crippen LogP contribution in [-0.2, 0) is 27.7 Å². The molecule has 0 aliphatic rings. The molecule has 6 N–H and O–H groups in total. The standard InChI is InChI=1S/2C7H5BrO2.Co.2H2O/c2*8-6-1-2-7(10)5(3-6)4-9;;;/h2*1-4,10H;;2*1H2/q;;+2;;. The first-order valence-electron chi connectivity index (χ1n) is 5.31. The quantitative estimate of drug-likeness (QED) is 0.447. The molecule has 0 aliphatic heterocycles. The van der Waals surface area contributed by atoms with Gasteiger partial charge in [-0.15, -0.1) is 0 Å². The molecule has 127 valence electrons. The number of hydrogen-bond acceptors (Lipinski definition) is 4. The van der Waals surface area contributed by atoms with Gasteiger partial charge in [0, 0.05) is 20.1 Å². The normalized spacial score (nSPS) is 8.09. The molecule has 2 aromatic carbocycles. The zero-order valence-electron chi connectivity index (χ0n) is 11.5. The first kappa shape index (κ1) is 26.7. The molecule has 0 aliphatic carbocycles. The summed E-state index contributed by atoms with van der Waals surface area (Å²) in [4.78, 5) is 20.3. The molecule has 0 amide bonds. The summed E-state index contributed by atoms with van der Waals surface area (Å²) in [5.41, 5.74) is 0.378. The third-order valence-electron chi connectivity index (χ3n) is 2.20. The van der Waals surface area contributed by atoms with Gasteiger partial charge in [0.2, 0.25) is 0 Å². The Labute approximate surface area is 159 Å². The average Bonchev–Trinajstić information content (AvgIpc) is 2.44. The molecule has 0 heterocycles. The molecule has 0 saturated carbocycles. The van der Waals surface area contributed by atoms with E-state index >= 15 is 0 Å². The van der Waals surface area contributed by atoms with Crippen molar-refractivity contribution in [2.45, 2.75) is 0 Å². The molecule has 6 nitrogen and oxygen atoms in total. The van der Waals surface area contributed by atoms with Crippen molar-refractivity contribution in [3.05, 3.63) is 56.5 Å². The molecule has 2 rings (SSSR count). The van der Waals surface area contributed by atoms with Gasteiger partial charge in [-0.2, -0.15) is 0 Å². The summed E-state index contributed by atoms with van der Waals surface area (Å²) in [6, 6.07) is 8.91. The fraction of sp³-hybridized carbons (Fsp3) is 0. The summed E-state index contributed by atoms with van der Waals surface area (Å²) in [5.74, 6) is -0.476. The SMILES string of the molecule is O=Cc1cc(Br)ccc1[O-].O=Cc1cc(Br)ccc1[O-].[Co+2].[OH3+].[OH3+]. The molecular weight excluding hydrogens is 483 g/mol. The van der Waals surface area contributed by atoms with Crippen LogP contribution >= 0.6 is 31.9 Å². The van der Waals surface area contributed by atoms with Gasteiger partial charge in [-0.05, 0) is 24.3 Å². The minimum Gasteiger partial charge on any atom is -0.872 e. The average molecular weight is 497 g/mol. The number of carbonyl (C=O) groups excluding carboxylic acids is 2. The summed E-state index contributed by atoms with van der Waals surface area (Å²) < 4.78 is 1.49. The summed E-state index contributed by atoms with van der Waals surface area (Å²) in [6.07, 6.45) is 1.10. The minimum atomic E-state index is -0.238. The predicted octanol–water partition coefficient (Wildman–Crippen LogP) is 0.824. The first-order valence-corrected chi connectivity index (χ1v) is 6.90. The van der Waals surface area contributed by atoms with Crippen LogP contribution < -0.4 is 10.2 Å². The second kappa shape index (κ2) is 13.2.